The van der Waals surface area contributed by atoms with Crippen LogP contribution in [0.1, 0.15) is 32.8 Å². The number of hydrogen-bond donors (Lipinski definition) is 2. The number of carboxylic acid groups (broad SMARTS) is 1. The van der Waals surface area contributed by atoms with E-state index in [2.05, 4.69) is 5.32 Å². The Bertz CT molecular complexity index is 1340. The highest BCUT2D eigenvalue weighted by Crippen LogP contribution is 2.29. The lowest BCUT2D eigenvalue weighted by Crippen LogP contribution is -2.54. The molecule has 8 heteroatoms. The van der Waals surface area contributed by atoms with E-state index in [1.807, 2.05) is 26.8 Å². The van der Waals surface area contributed by atoms with Gasteiger partial charge in [0.15, 0.2) is 0 Å². The zero-order chi connectivity index (χ0) is 23.9. The maximum atomic E-state index is 13.1. The summed E-state index contributed by atoms with van der Waals surface area (Å²) in [6.45, 7) is 5.50. The Morgan fingerprint density at radius 1 is 0.970 bits per heavy atom. The van der Waals surface area contributed by atoms with Gasteiger partial charge in [0.2, 0.25) is 0 Å². The quantitative estimate of drug-likeness (QED) is 0.459. The minimum Gasteiger partial charge on any atom is -0.478 e. The number of furan rings is 1. The maximum Gasteiger partial charge on any atom is 0.335 e. The van der Waals surface area contributed by atoms with E-state index in [-0.39, 0.29) is 16.9 Å². The highest BCUT2D eigenvalue weighted by Gasteiger charge is 2.37. The number of amides is 4. The molecule has 8 nitrogen and oxygen atoms in total. The first-order valence-corrected chi connectivity index (χ1v) is 10.1. The Balaban J connectivity index is 1.71. The van der Waals surface area contributed by atoms with Gasteiger partial charge < -0.3 is 9.52 Å². The fourth-order valence-electron chi connectivity index (χ4n) is 3.71. The summed E-state index contributed by atoms with van der Waals surface area (Å²) in [5.41, 5.74) is 3.31. The summed E-state index contributed by atoms with van der Waals surface area (Å²) in [5, 5.41) is 11.4. The molecule has 1 aromatic heterocycles. The van der Waals surface area contributed by atoms with Crippen molar-refractivity contribution in [3.8, 4) is 11.3 Å². The first-order chi connectivity index (χ1) is 15.6. The number of barbiturate groups is 1. The number of carbonyl (C=O) groups is 4. The van der Waals surface area contributed by atoms with Crippen molar-refractivity contribution in [3.63, 3.8) is 0 Å². The Morgan fingerprint density at radius 3 is 2.33 bits per heavy atom. The van der Waals surface area contributed by atoms with Crippen LogP contribution in [0.5, 0.6) is 0 Å². The van der Waals surface area contributed by atoms with Crippen molar-refractivity contribution in [1.29, 1.82) is 0 Å². The largest absolute Gasteiger partial charge is 0.478 e. The number of carbonyl (C=O) groups excluding carboxylic acids is 3. The van der Waals surface area contributed by atoms with E-state index in [0.29, 0.717) is 17.0 Å². The van der Waals surface area contributed by atoms with Crippen molar-refractivity contribution in [2.45, 2.75) is 20.8 Å². The molecule has 33 heavy (non-hydrogen) atoms. The van der Waals surface area contributed by atoms with Gasteiger partial charge >= 0.3 is 12.0 Å². The predicted octanol–water partition coefficient (Wildman–Crippen LogP) is 4.24. The van der Waals surface area contributed by atoms with Gasteiger partial charge in [0, 0.05) is 5.56 Å². The SMILES string of the molecule is Cc1cc(C)cc(N2C(=O)NC(=O)/C(=C\c3ccc(-c4cc(C(=O)O)ccc4C)o3)C2=O)c1. The fourth-order valence-corrected chi connectivity index (χ4v) is 3.71. The molecule has 2 heterocycles. The number of nitrogens with one attached hydrogen (secondary N) is 1. The van der Waals surface area contributed by atoms with Crippen LogP contribution >= 0.6 is 0 Å². The van der Waals surface area contributed by atoms with Gasteiger partial charge in [-0.25, -0.2) is 14.5 Å². The van der Waals surface area contributed by atoms with Gasteiger partial charge in [-0.3, -0.25) is 14.9 Å². The van der Waals surface area contributed by atoms with Crippen molar-refractivity contribution in [2.24, 2.45) is 0 Å². The molecule has 0 aliphatic carbocycles. The molecule has 0 atom stereocenters. The van der Waals surface area contributed by atoms with Gasteiger partial charge in [0.25, 0.3) is 11.8 Å². The van der Waals surface area contributed by atoms with Crippen LogP contribution in [-0.4, -0.2) is 28.9 Å². The zero-order valence-corrected chi connectivity index (χ0v) is 18.1. The second-order valence-corrected chi connectivity index (χ2v) is 7.84. The lowest BCUT2D eigenvalue weighted by molar-refractivity contribution is -0.122. The van der Waals surface area contributed by atoms with Crippen molar-refractivity contribution >= 4 is 35.6 Å². The van der Waals surface area contributed by atoms with Crippen molar-refractivity contribution < 1.29 is 28.7 Å². The number of aromatic carboxylic acids is 1. The number of hydrogen-bond acceptors (Lipinski definition) is 5. The molecule has 2 N–H and O–H groups in total. The van der Waals surface area contributed by atoms with Crippen molar-refractivity contribution in [2.75, 3.05) is 4.90 Å². The lowest BCUT2D eigenvalue weighted by atomic mass is 10.0. The van der Waals surface area contributed by atoms with Crippen LogP contribution in [0.3, 0.4) is 0 Å². The van der Waals surface area contributed by atoms with E-state index in [0.717, 1.165) is 21.6 Å². The molecule has 1 aliphatic heterocycles. The number of nitrogens with zero attached hydrogens (tertiary/aromatic N) is 1. The molecule has 4 rings (SSSR count). The maximum absolute atomic E-state index is 13.1. The molecule has 1 saturated heterocycles. The number of urea groups is 1. The molecule has 0 saturated carbocycles. The second kappa shape index (κ2) is 8.23. The number of anilines is 1. The van der Waals surface area contributed by atoms with Gasteiger partial charge in [-0.2, -0.15) is 0 Å². The Morgan fingerprint density at radius 2 is 1.67 bits per heavy atom. The third-order valence-electron chi connectivity index (χ3n) is 5.23. The number of imide groups is 2. The van der Waals surface area contributed by atoms with E-state index in [1.54, 1.807) is 30.3 Å². The molecule has 0 bridgehead atoms. The zero-order valence-electron chi connectivity index (χ0n) is 18.1. The Kier molecular flexibility index (Phi) is 5.43. The first kappa shape index (κ1) is 21.8. The van der Waals surface area contributed by atoms with Crippen LogP contribution in [0.2, 0.25) is 0 Å². The molecule has 0 radical (unpaired) electrons. The Labute approximate surface area is 189 Å². The molecule has 4 amide bonds. The number of rotatable bonds is 4. The fraction of sp³-hybridized carbons (Fsp3) is 0.120. The molecular weight excluding hydrogens is 424 g/mol. The van der Waals surface area contributed by atoms with Crippen LogP contribution in [0.4, 0.5) is 10.5 Å². The van der Waals surface area contributed by atoms with Gasteiger partial charge in [-0.15, -0.1) is 0 Å². The van der Waals surface area contributed by atoms with Crippen LogP contribution in [-0.2, 0) is 9.59 Å². The van der Waals surface area contributed by atoms with Gasteiger partial charge in [0.05, 0.1) is 11.3 Å². The highest BCUT2D eigenvalue weighted by molar-refractivity contribution is 6.39. The molecule has 1 aliphatic rings. The summed E-state index contributed by atoms with van der Waals surface area (Å²) < 4.78 is 5.79. The van der Waals surface area contributed by atoms with Crippen LogP contribution in [0, 0.1) is 20.8 Å². The van der Waals surface area contributed by atoms with Gasteiger partial charge in [-0.1, -0.05) is 12.1 Å². The van der Waals surface area contributed by atoms with Crippen LogP contribution < -0.4 is 10.2 Å². The molecule has 1 fully saturated rings. The minimum absolute atomic E-state index is 0.108. The molecule has 0 spiro atoms. The topological polar surface area (TPSA) is 117 Å². The van der Waals surface area contributed by atoms with Gasteiger partial charge in [0.1, 0.15) is 17.1 Å². The molecule has 2 aromatic carbocycles. The molecular formula is C25H20N2O6. The summed E-state index contributed by atoms with van der Waals surface area (Å²) in [6.07, 6.45) is 1.26. The smallest absolute Gasteiger partial charge is 0.335 e. The van der Waals surface area contributed by atoms with Crippen molar-refractivity contribution in [3.05, 3.63) is 82.1 Å². The van der Waals surface area contributed by atoms with E-state index < -0.39 is 23.8 Å². The number of carboxylic acids is 1. The third-order valence-corrected chi connectivity index (χ3v) is 5.23. The summed E-state index contributed by atoms with van der Waals surface area (Å²) in [7, 11) is 0. The van der Waals surface area contributed by atoms with E-state index in [1.165, 1.54) is 18.2 Å². The average Bonchev–Trinajstić information content (AvgIpc) is 3.19. The van der Waals surface area contributed by atoms with E-state index in [9.17, 15) is 24.3 Å². The van der Waals surface area contributed by atoms with E-state index >= 15 is 0 Å². The summed E-state index contributed by atoms with van der Waals surface area (Å²) in [4.78, 5) is 50.2. The summed E-state index contributed by atoms with van der Waals surface area (Å²) in [6, 6.07) is 12.3. The standard InChI is InChI=1S/C25H20N2O6/c1-13-8-14(2)10-17(9-13)27-23(29)20(22(28)26-25(27)32)12-18-6-7-21(33-18)19-11-16(24(30)31)5-4-15(19)3/h4-12H,1-3H3,(H,30,31)(H,26,28,32)/b20-12+. The summed E-state index contributed by atoms with van der Waals surface area (Å²) in [5.74, 6) is -2.07. The van der Waals surface area contributed by atoms with Gasteiger partial charge in [-0.05, 0) is 79.9 Å². The number of benzene rings is 2. The average molecular weight is 444 g/mol. The number of aryl methyl sites for hydroxylation is 3. The first-order valence-electron chi connectivity index (χ1n) is 10.1. The molecule has 0 unspecified atom stereocenters. The van der Waals surface area contributed by atoms with Crippen LogP contribution in [0.15, 0.2) is 58.5 Å². The highest BCUT2D eigenvalue weighted by atomic mass is 16.4. The Hall–Kier alpha value is -4.46. The minimum atomic E-state index is -1.06. The second-order valence-electron chi connectivity index (χ2n) is 7.84. The third kappa shape index (κ3) is 4.18. The van der Waals surface area contributed by atoms with Crippen molar-refractivity contribution in [1.82, 2.24) is 5.32 Å². The summed E-state index contributed by atoms with van der Waals surface area (Å²) >= 11 is 0. The monoisotopic (exact) mass is 444 g/mol. The molecule has 166 valence electrons. The predicted molar refractivity (Wildman–Crippen MR) is 121 cm³/mol. The lowest BCUT2D eigenvalue weighted by Gasteiger charge is -2.26. The van der Waals surface area contributed by atoms with E-state index in [4.69, 9.17) is 4.42 Å². The van der Waals surface area contributed by atoms with Crippen LogP contribution in [0.25, 0.3) is 17.4 Å². The molecule has 3 aromatic rings. The normalized spacial score (nSPS) is 15.2.